The van der Waals surface area contributed by atoms with Crippen molar-refractivity contribution in [3.8, 4) is 11.5 Å². The molecule has 2 aromatic carbocycles. The number of carbonyl (C=O) groups is 1. The molecule has 1 N–H and O–H groups in total. The van der Waals surface area contributed by atoms with Gasteiger partial charge in [0.1, 0.15) is 11.5 Å². The molecule has 2 rings (SSSR count). The van der Waals surface area contributed by atoms with Crippen molar-refractivity contribution in [3.05, 3.63) is 59.2 Å². The Hall–Kier alpha value is -2.75. The number of rotatable bonds is 7. The molecule has 4 heteroatoms. The van der Waals surface area contributed by atoms with Crippen LogP contribution in [-0.4, -0.2) is 19.6 Å². The number of aryl methyl sites for hydroxylation is 2. The molecule has 0 heterocycles. The van der Waals surface area contributed by atoms with Crippen molar-refractivity contribution < 1.29 is 14.3 Å². The number of anilines is 1. The van der Waals surface area contributed by atoms with Crippen molar-refractivity contribution in [1.82, 2.24) is 0 Å². The van der Waals surface area contributed by atoms with Crippen LogP contribution in [0.1, 0.15) is 30.5 Å². The first-order valence-corrected chi connectivity index (χ1v) is 8.76. The first-order chi connectivity index (χ1) is 12.4. The second-order valence-electron chi connectivity index (χ2n) is 6.73. The Kier molecular flexibility index (Phi) is 6.84. The lowest BCUT2D eigenvalue weighted by Gasteiger charge is -2.10. The average molecular weight is 353 g/mol. The Morgan fingerprint density at radius 3 is 2.23 bits per heavy atom. The van der Waals surface area contributed by atoms with Crippen LogP contribution in [0.15, 0.2) is 42.5 Å². The van der Waals surface area contributed by atoms with Crippen LogP contribution in [0.5, 0.6) is 11.5 Å². The molecule has 0 aliphatic rings. The van der Waals surface area contributed by atoms with Gasteiger partial charge in [0.05, 0.1) is 13.7 Å². The van der Waals surface area contributed by atoms with Gasteiger partial charge in [0, 0.05) is 11.8 Å². The molecule has 0 spiro atoms. The molecule has 4 nitrogen and oxygen atoms in total. The summed E-state index contributed by atoms with van der Waals surface area (Å²) in [6.45, 7) is 8.89. The van der Waals surface area contributed by atoms with Crippen LogP contribution in [0, 0.1) is 19.8 Å². The van der Waals surface area contributed by atoms with Crippen molar-refractivity contribution in [2.45, 2.75) is 27.7 Å². The van der Waals surface area contributed by atoms with Crippen LogP contribution < -0.4 is 14.8 Å². The lowest BCUT2D eigenvalue weighted by atomic mass is 10.0. The van der Waals surface area contributed by atoms with E-state index in [9.17, 15) is 4.79 Å². The molecule has 0 bridgehead atoms. The Balaban J connectivity index is 1.99. The monoisotopic (exact) mass is 353 g/mol. The lowest BCUT2D eigenvalue weighted by molar-refractivity contribution is -0.111. The smallest absolute Gasteiger partial charge is 0.248 e. The van der Waals surface area contributed by atoms with E-state index < -0.39 is 0 Å². The fraction of sp³-hybridized carbons (Fsp3) is 0.318. The first kappa shape index (κ1) is 19.6. The second kappa shape index (κ2) is 9.09. The van der Waals surface area contributed by atoms with E-state index >= 15 is 0 Å². The minimum absolute atomic E-state index is 0.171. The maximum absolute atomic E-state index is 12.2. The van der Waals surface area contributed by atoms with Gasteiger partial charge in [-0.25, -0.2) is 0 Å². The zero-order chi connectivity index (χ0) is 19.1. The normalized spacial score (nSPS) is 11.0. The fourth-order valence-corrected chi connectivity index (χ4v) is 2.56. The van der Waals surface area contributed by atoms with Gasteiger partial charge in [0.2, 0.25) is 5.91 Å². The zero-order valence-electron chi connectivity index (χ0n) is 16.1. The quantitative estimate of drug-likeness (QED) is 0.713. The third kappa shape index (κ3) is 5.66. The van der Waals surface area contributed by atoms with Crippen molar-refractivity contribution in [3.63, 3.8) is 0 Å². The molecule has 0 saturated carbocycles. The number of carbonyl (C=O) groups excluding carboxylic acids is 1. The number of benzene rings is 2. The molecule has 0 fully saturated rings. The SMILES string of the molecule is COc1cc(C)c(/C=C/C(=O)Nc2ccc(OCC(C)C)cc2)c(C)c1. The van der Waals surface area contributed by atoms with Gasteiger partial charge in [0.15, 0.2) is 0 Å². The molecule has 0 atom stereocenters. The molecule has 0 saturated heterocycles. The Morgan fingerprint density at radius 1 is 1.08 bits per heavy atom. The summed E-state index contributed by atoms with van der Waals surface area (Å²) < 4.78 is 10.9. The van der Waals surface area contributed by atoms with E-state index in [1.807, 2.05) is 56.3 Å². The number of hydrogen-bond acceptors (Lipinski definition) is 3. The van der Waals surface area contributed by atoms with Gasteiger partial charge in [0.25, 0.3) is 0 Å². The summed E-state index contributed by atoms with van der Waals surface area (Å²) in [5.41, 5.74) is 3.90. The maximum Gasteiger partial charge on any atom is 0.248 e. The predicted octanol–water partition coefficient (Wildman–Crippen LogP) is 5.00. The van der Waals surface area contributed by atoms with E-state index in [2.05, 4.69) is 19.2 Å². The molecule has 0 unspecified atom stereocenters. The van der Waals surface area contributed by atoms with Gasteiger partial charge < -0.3 is 14.8 Å². The summed E-state index contributed by atoms with van der Waals surface area (Å²) in [7, 11) is 1.65. The van der Waals surface area contributed by atoms with Crippen LogP contribution in [0.3, 0.4) is 0 Å². The summed E-state index contributed by atoms with van der Waals surface area (Å²) in [5, 5.41) is 2.86. The van der Waals surface area contributed by atoms with Gasteiger partial charge in [-0.3, -0.25) is 4.79 Å². The summed E-state index contributed by atoms with van der Waals surface area (Å²) >= 11 is 0. The number of nitrogens with one attached hydrogen (secondary N) is 1. The lowest BCUT2D eigenvalue weighted by Crippen LogP contribution is -2.08. The third-order valence-electron chi connectivity index (χ3n) is 3.91. The largest absolute Gasteiger partial charge is 0.497 e. The average Bonchev–Trinajstić information content (AvgIpc) is 2.60. The van der Waals surface area contributed by atoms with E-state index in [-0.39, 0.29) is 5.91 Å². The molecule has 1 amide bonds. The van der Waals surface area contributed by atoms with Crippen molar-refractivity contribution in [1.29, 1.82) is 0 Å². The highest BCUT2D eigenvalue weighted by molar-refractivity contribution is 6.02. The molecule has 0 aromatic heterocycles. The molecule has 26 heavy (non-hydrogen) atoms. The number of amides is 1. The van der Waals surface area contributed by atoms with Crippen LogP contribution in [0.25, 0.3) is 6.08 Å². The highest BCUT2D eigenvalue weighted by Gasteiger charge is 2.04. The molecule has 0 aliphatic carbocycles. The second-order valence-corrected chi connectivity index (χ2v) is 6.73. The predicted molar refractivity (Wildman–Crippen MR) is 107 cm³/mol. The number of hydrogen-bond donors (Lipinski definition) is 1. The third-order valence-corrected chi connectivity index (χ3v) is 3.91. The molecule has 0 radical (unpaired) electrons. The van der Waals surface area contributed by atoms with E-state index in [4.69, 9.17) is 9.47 Å². The van der Waals surface area contributed by atoms with E-state index in [0.717, 1.165) is 33.9 Å². The Bertz CT molecular complexity index is 753. The molecular formula is C22H27NO3. The van der Waals surface area contributed by atoms with Crippen LogP contribution in [0.2, 0.25) is 0 Å². The molecular weight excluding hydrogens is 326 g/mol. The number of methoxy groups -OCH3 is 1. The highest BCUT2D eigenvalue weighted by atomic mass is 16.5. The zero-order valence-corrected chi connectivity index (χ0v) is 16.1. The Morgan fingerprint density at radius 2 is 1.69 bits per heavy atom. The first-order valence-electron chi connectivity index (χ1n) is 8.76. The summed E-state index contributed by atoms with van der Waals surface area (Å²) in [6.07, 6.45) is 3.38. The summed E-state index contributed by atoms with van der Waals surface area (Å²) in [6, 6.07) is 11.3. The maximum atomic E-state index is 12.2. The van der Waals surface area contributed by atoms with Crippen LogP contribution >= 0.6 is 0 Å². The minimum Gasteiger partial charge on any atom is -0.497 e. The standard InChI is InChI=1S/C22H27NO3/c1-15(2)14-26-19-8-6-18(7-9-19)23-22(24)11-10-21-16(3)12-20(25-5)13-17(21)4/h6-13,15H,14H2,1-5H3,(H,23,24)/b11-10+. The van der Waals surface area contributed by atoms with Gasteiger partial charge >= 0.3 is 0 Å². The van der Waals surface area contributed by atoms with Gasteiger partial charge in [-0.1, -0.05) is 13.8 Å². The summed E-state index contributed by atoms with van der Waals surface area (Å²) in [4.78, 5) is 12.2. The van der Waals surface area contributed by atoms with Gasteiger partial charge in [-0.05, 0) is 78.9 Å². The number of ether oxygens (including phenoxy) is 2. The van der Waals surface area contributed by atoms with Crippen molar-refractivity contribution in [2.24, 2.45) is 5.92 Å². The van der Waals surface area contributed by atoms with E-state index in [0.29, 0.717) is 12.5 Å². The highest BCUT2D eigenvalue weighted by Crippen LogP contribution is 2.23. The van der Waals surface area contributed by atoms with Gasteiger partial charge in [-0.15, -0.1) is 0 Å². The Labute approximate surface area is 155 Å². The minimum atomic E-state index is -0.171. The summed E-state index contributed by atoms with van der Waals surface area (Å²) in [5.74, 6) is 1.93. The molecule has 2 aromatic rings. The van der Waals surface area contributed by atoms with Crippen LogP contribution in [0.4, 0.5) is 5.69 Å². The van der Waals surface area contributed by atoms with Gasteiger partial charge in [-0.2, -0.15) is 0 Å². The van der Waals surface area contributed by atoms with Crippen molar-refractivity contribution in [2.75, 3.05) is 19.0 Å². The molecule has 0 aliphatic heterocycles. The van der Waals surface area contributed by atoms with Crippen LogP contribution in [-0.2, 0) is 4.79 Å². The topological polar surface area (TPSA) is 47.6 Å². The fourth-order valence-electron chi connectivity index (χ4n) is 2.56. The molecule has 138 valence electrons. The van der Waals surface area contributed by atoms with E-state index in [1.54, 1.807) is 13.2 Å². The van der Waals surface area contributed by atoms with E-state index in [1.165, 1.54) is 0 Å². The van der Waals surface area contributed by atoms with Crippen molar-refractivity contribution >= 4 is 17.7 Å².